The maximum Gasteiger partial charge on any atom is 0.119 e. The molecule has 3 atom stereocenters. The Morgan fingerprint density at radius 1 is 1.20 bits per heavy atom. The third-order valence-electron chi connectivity index (χ3n) is 7.97. The molecular weight excluding hydrogens is 308 g/mol. The van der Waals surface area contributed by atoms with Gasteiger partial charge in [-0.3, -0.25) is 0 Å². The van der Waals surface area contributed by atoms with Gasteiger partial charge in [-0.25, -0.2) is 0 Å². The van der Waals surface area contributed by atoms with Crippen molar-refractivity contribution in [1.29, 1.82) is 0 Å². The summed E-state index contributed by atoms with van der Waals surface area (Å²) >= 11 is 0. The highest BCUT2D eigenvalue weighted by molar-refractivity contribution is 5.29. The van der Waals surface area contributed by atoms with E-state index in [1.165, 1.54) is 54.6 Å². The summed E-state index contributed by atoms with van der Waals surface area (Å²) in [7, 11) is 0. The van der Waals surface area contributed by atoms with Gasteiger partial charge in [0.1, 0.15) is 6.20 Å². The minimum absolute atomic E-state index is 0.206. The van der Waals surface area contributed by atoms with E-state index in [0.717, 1.165) is 24.7 Å². The highest BCUT2D eigenvalue weighted by Crippen LogP contribution is 2.66. The van der Waals surface area contributed by atoms with Crippen molar-refractivity contribution < 1.29 is 0 Å². The molecule has 0 saturated heterocycles. The second-order valence-corrected chi connectivity index (χ2v) is 9.44. The molecule has 6 rings (SSSR count). The number of nitrogens with zero attached hydrogens (tertiary/aromatic N) is 4. The summed E-state index contributed by atoms with van der Waals surface area (Å²) in [5, 5.41) is 9.46. The smallest absolute Gasteiger partial charge is 0.119 e. The van der Waals surface area contributed by atoms with Crippen LogP contribution in [0.2, 0.25) is 0 Å². The van der Waals surface area contributed by atoms with Crippen LogP contribution >= 0.6 is 0 Å². The second kappa shape index (κ2) is 4.99. The predicted octanol–water partition coefficient (Wildman–Crippen LogP) is 4.09. The Balaban J connectivity index is 1.51. The topological polar surface area (TPSA) is 35.6 Å². The average molecular weight is 337 g/mol. The van der Waals surface area contributed by atoms with Gasteiger partial charge < -0.3 is 0 Å². The molecule has 0 spiro atoms. The average Bonchev–Trinajstić information content (AvgIpc) is 3.20. The van der Waals surface area contributed by atoms with Crippen LogP contribution in [0.3, 0.4) is 0 Å². The third kappa shape index (κ3) is 2.00. The minimum Gasteiger partial charge on any atom is -0.158 e. The molecular formula is C21H29N4. The first-order valence-corrected chi connectivity index (χ1v) is 9.97. The first-order chi connectivity index (χ1) is 11.9. The molecule has 0 amide bonds. The standard InChI is InChI=1S/C21H29N4/c1-14-17-7-5-6-8-18(17)23-25(14)24-13-16(12-22-24)21(4)10-9-15-11-19(21)20(15,2)3/h13,15,19H,5-11H2,1-4H3/t15?,19?,21-/m0/s1. The lowest BCUT2D eigenvalue weighted by molar-refractivity contribution is -0.116. The van der Waals surface area contributed by atoms with Crippen molar-refractivity contribution in [3.05, 3.63) is 34.9 Å². The first kappa shape index (κ1) is 15.7. The maximum absolute atomic E-state index is 4.86. The van der Waals surface area contributed by atoms with Crippen LogP contribution in [-0.2, 0) is 18.3 Å². The molecule has 3 saturated carbocycles. The van der Waals surface area contributed by atoms with E-state index in [1.54, 1.807) is 0 Å². The molecule has 4 heteroatoms. The number of aromatic nitrogens is 4. The lowest BCUT2D eigenvalue weighted by atomic mass is 9.40. The monoisotopic (exact) mass is 337 g/mol. The van der Waals surface area contributed by atoms with Gasteiger partial charge in [-0.1, -0.05) is 20.8 Å². The Morgan fingerprint density at radius 2 is 2.00 bits per heavy atom. The highest BCUT2D eigenvalue weighted by Gasteiger charge is 2.59. The predicted molar refractivity (Wildman–Crippen MR) is 97.4 cm³/mol. The molecule has 2 heterocycles. The van der Waals surface area contributed by atoms with E-state index in [4.69, 9.17) is 5.10 Å². The summed E-state index contributed by atoms with van der Waals surface area (Å²) in [6, 6.07) is 0. The molecule has 4 aliphatic rings. The van der Waals surface area contributed by atoms with Crippen molar-refractivity contribution in [3.63, 3.8) is 0 Å². The summed E-state index contributed by atoms with van der Waals surface area (Å²) in [6.45, 7) is 9.53. The van der Waals surface area contributed by atoms with Crippen LogP contribution in [0, 0.1) is 30.4 Å². The fraction of sp³-hybridized carbons (Fsp3) is 0.714. The zero-order valence-corrected chi connectivity index (χ0v) is 16.0. The van der Waals surface area contributed by atoms with Gasteiger partial charge in [0.2, 0.25) is 0 Å². The van der Waals surface area contributed by atoms with Gasteiger partial charge in [0.05, 0.1) is 17.6 Å². The normalized spacial score (nSPS) is 33.0. The van der Waals surface area contributed by atoms with Crippen molar-refractivity contribution >= 4 is 0 Å². The van der Waals surface area contributed by atoms with Crippen LogP contribution in [0.4, 0.5) is 0 Å². The van der Waals surface area contributed by atoms with Gasteiger partial charge in [-0.2, -0.15) is 14.7 Å². The molecule has 2 bridgehead atoms. The second-order valence-electron chi connectivity index (χ2n) is 9.44. The van der Waals surface area contributed by atoms with E-state index in [0.29, 0.717) is 5.41 Å². The number of hydrogen-bond acceptors (Lipinski definition) is 2. The SMILES string of the molecule is Cc1c2c(nn1-n1cc([C@]3(C)CCC4CC3C4(C)C)[c]n1)CCCC2. The van der Waals surface area contributed by atoms with E-state index in [-0.39, 0.29) is 5.41 Å². The van der Waals surface area contributed by atoms with E-state index >= 15 is 0 Å². The fourth-order valence-corrected chi connectivity index (χ4v) is 6.11. The fourth-order valence-electron chi connectivity index (χ4n) is 6.11. The van der Waals surface area contributed by atoms with E-state index in [2.05, 4.69) is 45.2 Å². The third-order valence-corrected chi connectivity index (χ3v) is 7.97. The molecule has 0 aliphatic heterocycles. The van der Waals surface area contributed by atoms with Crippen molar-refractivity contribution in [1.82, 2.24) is 19.8 Å². The molecule has 2 aromatic rings. The van der Waals surface area contributed by atoms with Gasteiger partial charge in [0, 0.05) is 5.56 Å². The minimum atomic E-state index is 0.206. The summed E-state index contributed by atoms with van der Waals surface area (Å²) in [5.74, 6) is 1.67. The Bertz CT molecular complexity index is 825. The molecule has 1 radical (unpaired) electrons. The van der Waals surface area contributed by atoms with E-state index < -0.39 is 0 Å². The Kier molecular flexibility index (Phi) is 3.12. The van der Waals surface area contributed by atoms with Crippen molar-refractivity contribution in [2.75, 3.05) is 0 Å². The van der Waals surface area contributed by atoms with Crippen LogP contribution in [0.5, 0.6) is 0 Å². The van der Waals surface area contributed by atoms with Crippen LogP contribution in [0.15, 0.2) is 6.20 Å². The zero-order chi connectivity index (χ0) is 17.4. The van der Waals surface area contributed by atoms with Gasteiger partial charge in [0.25, 0.3) is 0 Å². The van der Waals surface area contributed by atoms with E-state index in [9.17, 15) is 0 Å². The van der Waals surface area contributed by atoms with E-state index in [1.807, 2.05) is 9.58 Å². The Labute approximate surface area is 150 Å². The summed E-state index contributed by atoms with van der Waals surface area (Å²) in [4.78, 5) is 3.92. The van der Waals surface area contributed by atoms with Crippen LogP contribution in [0.1, 0.15) is 75.4 Å². The number of fused-ring (bicyclic) bond motifs is 3. The Morgan fingerprint density at radius 3 is 2.72 bits per heavy atom. The maximum atomic E-state index is 4.86. The van der Waals surface area contributed by atoms with Gasteiger partial charge in [-0.05, 0) is 80.1 Å². The molecule has 0 N–H and O–H groups in total. The largest absolute Gasteiger partial charge is 0.158 e. The first-order valence-electron chi connectivity index (χ1n) is 9.97. The molecule has 3 fully saturated rings. The summed E-state index contributed by atoms with van der Waals surface area (Å²) in [5.41, 5.74) is 5.90. The molecule has 2 aromatic heterocycles. The summed E-state index contributed by atoms with van der Waals surface area (Å²) in [6.07, 6.45) is 14.4. The molecule has 4 nitrogen and oxygen atoms in total. The molecule has 133 valence electrons. The van der Waals surface area contributed by atoms with Crippen LogP contribution in [0.25, 0.3) is 0 Å². The van der Waals surface area contributed by atoms with Crippen molar-refractivity contribution in [2.24, 2.45) is 17.3 Å². The van der Waals surface area contributed by atoms with Gasteiger partial charge in [0.15, 0.2) is 0 Å². The zero-order valence-electron chi connectivity index (χ0n) is 16.0. The molecule has 2 unspecified atom stereocenters. The van der Waals surface area contributed by atoms with Gasteiger partial charge in [-0.15, -0.1) is 5.10 Å². The number of hydrogen-bond donors (Lipinski definition) is 0. The number of rotatable bonds is 2. The van der Waals surface area contributed by atoms with Crippen LogP contribution < -0.4 is 0 Å². The van der Waals surface area contributed by atoms with Crippen LogP contribution in [-0.4, -0.2) is 19.8 Å². The van der Waals surface area contributed by atoms with Crippen molar-refractivity contribution in [3.8, 4) is 0 Å². The molecule has 4 aliphatic carbocycles. The summed E-state index contributed by atoms with van der Waals surface area (Å²) < 4.78 is 0. The number of aryl methyl sites for hydroxylation is 1. The molecule has 25 heavy (non-hydrogen) atoms. The van der Waals surface area contributed by atoms with Gasteiger partial charge >= 0.3 is 0 Å². The highest BCUT2D eigenvalue weighted by atomic mass is 15.7. The lowest BCUT2D eigenvalue weighted by Gasteiger charge is -2.64. The quantitative estimate of drug-likeness (QED) is 0.827. The lowest BCUT2D eigenvalue weighted by Crippen LogP contribution is -2.58. The Hall–Kier alpha value is -1.58. The molecule has 0 aromatic carbocycles. The van der Waals surface area contributed by atoms with Crippen molar-refractivity contribution in [2.45, 2.75) is 78.1 Å².